The zero-order valence-electron chi connectivity index (χ0n) is 10.3. The van der Waals surface area contributed by atoms with Crippen molar-refractivity contribution in [1.29, 1.82) is 0 Å². The molecule has 0 radical (unpaired) electrons. The van der Waals surface area contributed by atoms with E-state index in [-0.39, 0.29) is 12.3 Å². The van der Waals surface area contributed by atoms with Crippen LogP contribution in [-0.4, -0.2) is 24.0 Å². The highest BCUT2D eigenvalue weighted by Crippen LogP contribution is 2.20. The average Bonchev–Trinajstić information content (AvgIpc) is 2.90. The number of hydrogen-bond donors (Lipinski definition) is 1. The van der Waals surface area contributed by atoms with Gasteiger partial charge in [0.1, 0.15) is 6.26 Å². The molecule has 0 saturated carbocycles. The minimum Gasteiger partial charge on any atom is -0.461 e. The summed E-state index contributed by atoms with van der Waals surface area (Å²) >= 11 is 0. The van der Waals surface area contributed by atoms with Gasteiger partial charge in [0, 0.05) is 11.3 Å². The lowest BCUT2D eigenvalue weighted by atomic mass is 10.2. The van der Waals surface area contributed by atoms with Crippen LogP contribution in [0.4, 0.5) is 5.69 Å². The molecule has 0 unspecified atom stereocenters. The molecule has 0 bridgehead atoms. The summed E-state index contributed by atoms with van der Waals surface area (Å²) in [6.45, 7) is 2.00. The number of rotatable bonds is 5. The van der Waals surface area contributed by atoms with E-state index in [0.29, 0.717) is 23.6 Å². The van der Waals surface area contributed by atoms with Crippen molar-refractivity contribution < 1.29 is 18.7 Å². The summed E-state index contributed by atoms with van der Waals surface area (Å²) < 4.78 is 10.0. The molecule has 0 aliphatic rings. The molecular formula is C13H12N2O4. The Morgan fingerprint density at radius 3 is 2.79 bits per heavy atom. The van der Waals surface area contributed by atoms with E-state index in [2.05, 4.69) is 10.3 Å². The van der Waals surface area contributed by atoms with Gasteiger partial charge < -0.3 is 14.5 Å². The molecule has 2 aromatic rings. The van der Waals surface area contributed by atoms with Crippen molar-refractivity contribution in [1.82, 2.24) is 4.98 Å². The summed E-state index contributed by atoms with van der Waals surface area (Å²) in [7, 11) is 0. The molecule has 1 heterocycles. The number of amides is 1. The largest absolute Gasteiger partial charge is 0.461 e. The van der Waals surface area contributed by atoms with Crippen LogP contribution in [0.1, 0.15) is 17.4 Å². The second kappa shape index (κ2) is 5.81. The molecule has 0 aliphatic heterocycles. The number of carbonyl (C=O) groups is 2. The Morgan fingerprint density at radius 2 is 2.16 bits per heavy atom. The van der Waals surface area contributed by atoms with Gasteiger partial charge in [0.15, 0.2) is 5.69 Å². The Hall–Kier alpha value is -2.63. The molecule has 6 nitrogen and oxygen atoms in total. The van der Waals surface area contributed by atoms with E-state index in [1.165, 1.54) is 6.26 Å². The van der Waals surface area contributed by atoms with Crippen LogP contribution in [0.3, 0.4) is 0 Å². The summed E-state index contributed by atoms with van der Waals surface area (Å²) in [6, 6.07) is 6.87. The Kier molecular flexibility index (Phi) is 3.92. The zero-order chi connectivity index (χ0) is 13.7. The first kappa shape index (κ1) is 12.8. The highest BCUT2D eigenvalue weighted by atomic mass is 16.5. The number of anilines is 1. The van der Waals surface area contributed by atoms with E-state index in [9.17, 15) is 9.59 Å². The van der Waals surface area contributed by atoms with Crippen LogP contribution in [0.25, 0.3) is 11.5 Å². The van der Waals surface area contributed by atoms with Gasteiger partial charge in [-0.1, -0.05) is 0 Å². The van der Waals surface area contributed by atoms with Crippen molar-refractivity contribution in [2.75, 3.05) is 11.9 Å². The highest BCUT2D eigenvalue weighted by molar-refractivity contribution is 5.87. The predicted molar refractivity (Wildman–Crippen MR) is 67.6 cm³/mol. The first-order valence-electron chi connectivity index (χ1n) is 5.68. The number of carbonyl (C=O) groups excluding carboxylic acids is 2. The molecule has 2 rings (SSSR count). The van der Waals surface area contributed by atoms with Crippen molar-refractivity contribution in [3.63, 3.8) is 0 Å². The third-order valence-corrected chi connectivity index (χ3v) is 2.35. The topological polar surface area (TPSA) is 81.4 Å². The summed E-state index contributed by atoms with van der Waals surface area (Å²) in [5, 5.41) is 2.52. The van der Waals surface area contributed by atoms with Gasteiger partial charge in [-0.2, -0.15) is 0 Å². The molecule has 6 heteroatoms. The fourth-order valence-corrected chi connectivity index (χ4v) is 1.48. The Morgan fingerprint density at radius 1 is 1.42 bits per heavy atom. The Bertz CT molecular complexity index is 575. The lowest BCUT2D eigenvalue weighted by Crippen LogP contribution is -2.04. The average molecular weight is 260 g/mol. The van der Waals surface area contributed by atoms with E-state index < -0.39 is 5.97 Å². The molecule has 98 valence electrons. The van der Waals surface area contributed by atoms with Gasteiger partial charge >= 0.3 is 5.97 Å². The van der Waals surface area contributed by atoms with Crippen LogP contribution in [0.5, 0.6) is 0 Å². The first-order valence-corrected chi connectivity index (χ1v) is 5.68. The normalized spacial score (nSPS) is 9.95. The van der Waals surface area contributed by atoms with E-state index in [1.54, 1.807) is 31.2 Å². The van der Waals surface area contributed by atoms with Gasteiger partial charge in [0.25, 0.3) is 0 Å². The molecule has 0 saturated heterocycles. The number of nitrogens with zero attached hydrogens (tertiary/aromatic N) is 1. The minimum atomic E-state index is -0.517. The standard InChI is InChI=1S/C13H12N2O4/c1-2-18-13(17)11-7-19-12(15-11)9-3-5-10(6-4-9)14-8-16/h3-8H,2H2,1H3,(H,14,16). The quantitative estimate of drug-likeness (QED) is 0.657. The molecule has 1 amide bonds. The van der Waals surface area contributed by atoms with Gasteiger partial charge in [-0.15, -0.1) is 0 Å². The number of hydrogen-bond acceptors (Lipinski definition) is 5. The lowest BCUT2D eigenvalue weighted by Gasteiger charge is -1.99. The summed E-state index contributed by atoms with van der Waals surface area (Å²) in [4.78, 5) is 25.8. The molecule has 1 N–H and O–H groups in total. The van der Waals surface area contributed by atoms with Crippen molar-refractivity contribution in [2.45, 2.75) is 6.92 Å². The van der Waals surface area contributed by atoms with E-state index in [4.69, 9.17) is 9.15 Å². The van der Waals surface area contributed by atoms with Gasteiger partial charge in [0.2, 0.25) is 12.3 Å². The summed E-state index contributed by atoms with van der Waals surface area (Å²) in [6.07, 6.45) is 1.85. The fourth-order valence-electron chi connectivity index (χ4n) is 1.48. The molecule has 0 fully saturated rings. The lowest BCUT2D eigenvalue weighted by molar-refractivity contribution is -0.105. The number of nitrogens with one attached hydrogen (secondary N) is 1. The molecule has 0 spiro atoms. The summed E-state index contributed by atoms with van der Waals surface area (Å²) in [5.41, 5.74) is 1.50. The maximum absolute atomic E-state index is 11.4. The molecular weight excluding hydrogens is 248 g/mol. The number of benzene rings is 1. The maximum atomic E-state index is 11.4. The third kappa shape index (κ3) is 2.98. The molecule has 0 aliphatic carbocycles. The smallest absolute Gasteiger partial charge is 0.360 e. The number of esters is 1. The van der Waals surface area contributed by atoms with Crippen LogP contribution in [0.2, 0.25) is 0 Å². The minimum absolute atomic E-state index is 0.131. The van der Waals surface area contributed by atoms with Gasteiger partial charge in [-0.25, -0.2) is 9.78 Å². The number of ether oxygens (including phenoxy) is 1. The third-order valence-electron chi connectivity index (χ3n) is 2.35. The van der Waals surface area contributed by atoms with E-state index in [1.807, 2.05) is 0 Å². The predicted octanol–water partition coefficient (Wildman–Crippen LogP) is 2.09. The molecule has 1 aromatic carbocycles. The monoisotopic (exact) mass is 260 g/mol. The first-order chi connectivity index (χ1) is 9.24. The van der Waals surface area contributed by atoms with Crippen LogP contribution in [0, 0.1) is 0 Å². The van der Waals surface area contributed by atoms with Crippen molar-refractivity contribution in [3.8, 4) is 11.5 Å². The highest BCUT2D eigenvalue weighted by Gasteiger charge is 2.14. The van der Waals surface area contributed by atoms with E-state index >= 15 is 0 Å². The van der Waals surface area contributed by atoms with Crippen LogP contribution >= 0.6 is 0 Å². The Balaban J connectivity index is 2.18. The van der Waals surface area contributed by atoms with Crippen LogP contribution in [-0.2, 0) is 9.53 Å². The van der Waals surface area contributed by atoms with Gasteiger partial charge in [0.05, 0.1) is 6.61 Å². The molecule has 1 aromatic heterocycles. The second-order valence-corrected chi connectivity index (χ2v) is 3.60. The summed E-state index contributed by atoms with van der Waals surface area (Å²) in [5.74, 6) is -0.197. The van der Waals surface area contributed by atoms with Crippen LogP contribution in [0.15, 0.2) is 34.9 Å². The van der Waals surface area contributed by atoms with Crippen molar-refractivity contribution >= 4 is 18.1 Å². The number of oxazole rings is 1. The van der Waals surface area contributed by atoms with Crippen molar-refractivity contribution in [2.24, 2.45) is 0 Å². The Labute approximate surface area is 109 Å². The number of aromatic nitrogens is 1. The van der Waals surface area contributed by atoms with Crippen molar-refractivity contribution in [3.05, 3.63) is 36.2 Å². The van der Waals surface area contributed by atoms with Crippen LogP contribution < -0.4 is 5.32 Å². The fraction of sp³-hybridized carbons (Fsp3) is 0.154. The molecule has 19 heavy (non-hydrogen) atoms. The second-order valence-electron chi connectivity index (χ2n) is 3.60. The zero-order valence-corrected chi connectivity index (χ0v) is 10.3. The van der Waals surface area contributed by atoms with Gasteiger partial charge in [-0.05, 0) is 31.2 Å². The van der Waals surface area contributed by atoms with E-state index in [0.717, 1.165) is 0 Å². The maximum Gasteiger partial charge on any atom is 0.360 e. The SMILES string of the molecule is CCOC(=O)c1coc(-c2ccc(NC=O)cc2)n1. The molecule has 0 atom stereocenters. The van der Waals surface area contributed by atoms with Gasteiger partial charge in [-0.3, -0.25) is 4.79 Å².